The molecule has 8 nitrogen and oxygen atoms in total. The van der Waals surface area contributed by atoms with Crippen molar-refractivity contribution in [2.24, 2.45) is 0 Å². The number of hydrogen-bond acceptors (Lipinski definition) is 7. The van der Waals surface area contributed by atoms with Gasteiger partial charge >= 0.3 is 0 Å². The number of ether oxygens (including phenoxy) is 3. The first kappa shape index (κ1) is 16.9. The highest BCUT2D eigenvalue weighted by atomic mass is 32.2. The largest absolute Gasteiger partial charge is 0.492 e. The van der Waals surface area contributed by atoms with Crippen molar-refractivity contribution < 1.29 is 22.6 Å². The number of likely N-dealkylation sites (tertiary alicyclic amines) is 1. The number of hydrogen-bond donors (Lipinski definition) is 1. The summed E-state index contributed by atoms with van der Waals surface area (Å²) < 4.78 is 43.0. The summed E-state index contributed by atoms with van der Waals surface area (Å²) in [4.78, 5) is 2.11. The Bertz CT molecular complexity index is 714. The third-order valence-corrected chi connectivity index (χ3v) is 7.03. The van der Waals surface area contributed by atoms with E-state index in [1.807, 2.05) is 18.2 Å². The topological polar surface area (TPSA) is 80.3 Å². The van der Waals surface area contributed by atoms with Crippen molar-refractivity contribution >= 4 is 10.0 Å². The summed E-state index contributed by atoms with van der Waals surface area (Å²) in [5.41, 5.74) is 0. The molecule has 138 valence electrons. The molecule has 2 saturated heterocycles. The first-order valence-electron chi connectivity index (χ1n) is 8.57. The summed E-state index contributed by atoms with van der Waals surface area (Å²) >= 11 is 0. The number of nitrogens with one attached hydrogen (secondary N) is 1. The molecule has 3 aliphatic rings. The Balaban J connectivity index is 1.21. The van der Waals surface area contributed by atoms with Crippen LogP contribution >= 0.6 is 0 Å². The van der Waals surface area contributed by atoms with Crippen LogP contribution in [-0.4, -0.2) is 82.1 Å². The first-order valence-corrected chi connectivity index (χ1v) is 10.1. The monoisotopic (exact) mass is 369 g/mol. The van der Waals surface area contributed by atoms with Gasteiger partial charge < -0.3 is 19.5 Å². The van der Waals surface area contributed by atoms with Crippen molar-refractivity contribution in [1.82, 2.24) is 14.5 Å². The van der Waals surface area contributed by atoms with Gasteiger partial charge in [-0.25, -0.2) is 8.42 Å². The van der Waals surface area contributed by atoms with Crippen LogP contribution in [0.4, 0.5) is 0 Å². The van der Waals surface area contributed by atoms with Crippen molar-refractivity contribution in [3.8, 4) is 17.2 Å². The van der Waals surface area contributed by atoms with Gasteiger partial charge in [0.25, 0.3) is 0 Å². The van der Waals surface area contributed by atoms with Crippen LogP contribution in [0.25, 0.3) is 0 Å². The Hall–Kier alpha value is -1.55. The molecule has 3 heterocycles. The number of benzene rings is 1. The molecule has 0 bridgehead atoms. The van der Waals surface area contributed by atoms with Gasteiger partial charge in [-0.2, -0.15) is 4.31 Å². The molecule has 4 rings (SSSR count). The smallest absolute Gasteiger partial charge is 0.231 e. The van der Waals surface area contributed by atoms with E-state index in [2.05, 4.69) is 10.2 Å². The zero-order valence-corrected chi connectivity index (χ0v) is 14.8. The summed E-state index contributed by atoms with van der Waals surface area (Å²) in [6.07, 6.45) is 0. The Morgan fingerprint density at radius 2 is 1.92 bits per heavy atom. The molecule has 0 spiro atoms. The molecular formula is C16H23N3O5S. The Kier molecular flexibility index (Phi) is 4.72. The normalized spacial score (nSPS) is 21.9. The summed E-state index contributed by atoms with van der Waals surface area (Å²) in [7, 11) is -3.16. The lowest BCUT2D eigenvalue weighted by Crippen LogP contribution is -2.60. The van der Waals surface area contributed by atoms with Crippen molar-refractivity contribution in [3.05, 3.63) is 18.2 Å². The average molecular weight is 369 g/mol. The van der Waals surface area contributed by atoms with Gasteiger partial charge in [0.1, 0.15) is 17.6 Å². The molecule has 9 heteroatoms. The summed E-state index contributed by atoms with van der Waals surface area (Å²) in [6.45, 7) is 5.25. The number of piperazine rings is 1. The number of fused-ring (bicyclic) bond motifs is 1. The van der Waals surface area contributed by atoms with Crippen LogP contribution in [0.15, 0.2) is 18.2 Å². The molecule has 0 radical (unpaired) electrons. The van der Waals surface area contributed by atoms with Gasteiger partial charge in [-0.1, -0.05) is 0 Å². The van der Waals surface area contributed by atoms with Gasteiger partial charge in [0.05, 0.1) is 0 Å². The molecule has 0 aromatic heterocycles. The zero-order chi connectivity index (χ0) is 17.3. The molecule has 2 fully saturated rings. The standard InChI is InChI=1S/C16H23N3O5S/c20-25(21,19-5-3-17-4-6-19)14-10-18(11-14)7-8-22-13-1-2-15-16(9-13)24-12-23-15/h1-2,9,14,17H,3-8,10-12H2. The van der Waals surface area contributed by atoms with Crippen LogP contribution in [0.5, 0.6) is 17.2 Å². The fourth-order valence-corrected chi connectivity index (χ4v) is 5.17. The van der Waals surface area contributed by atoms with E-state index < -0.39 is 10.0 Å². The van der Waals surface area contributed by atoms with E-state index in [1.165, 1.54) is 0 Å². The van der Waals surface area contributed by atoms with Gasteiger partial charge in [0, 0.05) is 51.9 Å². The fourth-order valence-electron chi connectivity index (χ4n) is 3.26. The maximum Gasteiger partial charge on any atom is 0.231 e. The van der Waals surface area contributed by atoms with Crippen LogP contribution in [-0.2, 0) is 10.0 Å². The molecular weight excluding hydrogens is 346 g/mol. The molecule has 0 unspecified atom stereocenters. The highest BCUT2D eigenvalue weighted by Gasteiger charge is 2.40. The molecule has 25 heavy (non-hydrogen) atoms. The van der Waals surface area contributed by atoms with E-state index in [-0.39, 0.29) is 12.0 Å². The van der Waals surface area contributed by atoms with Gasteiger partial charge in [0.15, 0.2) is 11.5 Å². The predicted molar refractivity (Wildman–Crippen MR) is 91.7 cm³/mol. The van der Waals surface area contributed by atoms with Gasteiger partial charge in [-0.3, -0.25) is 4.90 Å². The van der Waals surface area contributed by atoms with Crippen LogP contribution in [0.2, 0.25) is 0 Å². The van der Waals surface area contributed by atoms with Crippen molar-refractivity contribution in [2.75, 3.05) is 59.2 Å². The number of rotatable bonds is 6. The van der Waals surface area contributed by atoms with Gasteiger partial charge in [-0.05, 0) is 12.1 Å². The summed E-state index contributed by atoms with van der Waals surface area (Å²) in [5.74, 6) is 2.16. The van der Waals surface area contributed by atoms with E-state index in [4.69, 9.17) is 14.2 Å². The second-order valence-corrected chi connectivity index (χ2v) is 8.65. The lowest BCUT2D eigenvalue weighted by atomic mass is 10.2. The maximum atomic E-state index is 12.5. The van der Waals surface area contributed by atoms with Crippen LogP contribution in [0, 0.1) is 0 Å². The Morgan fingerprint density at radius 1 is 1.16 bits per heavy atom. The molecule has 0 amide bonds. The first-order chi connectivity index (χ1) is 12.1. The quantitative estimate of drug-likeness (QED) is 0.738. The third kappa shape index (κ3) is 3.55. The lowest BCUT2D eigenvalue weighted by molar-refractivity contribution is 0.146. The molecule has 3 aliphatic heterocycles. The van der Waals surface area contributed by atoms with Crippen molar-refractivity contribution in [2.45, 2.75) is 5.25 Å². The van der Waals surface area contributed by atoms with Crippen LogP contribution in [0.1, 0.15) is 0 Å². The van der Waals surface area contributed by atoms with Gasteiger partial charge in [-0.15, -0.1) is 0 Å². The van der Waals surface area contributed by atoms with Crippen molar-refractivity contribution in [3.63, 3.8) is 0 Å². The molecule has 1 aromatic carbocycles. The second-order valence-electron chi connectivity index (χ2n) is 6.44. The van der Waals surface area contributed by atoms with E-state index in [1.54, 1.807) is 4.31 Å². The van der Waals surface area contributed by atoms with Crippen molar-refractivity contribution in [1.29, 1.82) is 0 Å². The summed E-state index contributed by atoms with van der Waals surface area (Å²) in [6, 6.07) is 5.49. The van der Waals surface area contributed by atoms with E-state index in [0.29, 0.717) is 45.1 Å². The SMILES string of the molecule is O=S(=O)(C1CN(CCOc2ccc3c(c2)OCO3)C1)N1CCNCC1. The van der Waals surface area contributed by atoms with E-state index in [9.17, 15) is 8.42 Å². The minimum Gasteiger partial charge on any atom is -0.492 e. The predicted octanol–water partition coefficient (Wildman–Crippen LogP) is -0.287. The molecule has 0 atom stereocenters. The lowest BCUT2D eigenvalue weighted by Gasteiger charge is -2.41. The minimum absolute atomic E-state index is 0.246. The summed E-state index contributed by atoms with van der Waals surface area (Å²) in [5, 5.41) is 2.90. The Labute approximate surface area is 147 Å². The van der Waals surface area contributed by atoms with Crippen LogP contribution in [0.3, 0.4) is 0 Å². The van der Waals surface area contributed by atoms with E-state index in [0.717, 1.165) is 24.6 Å². The van der Waals surface area contributed by atoms with E-state index >= 15 is 0 Å². The average Bonchev–Trinajstić information content (AvgIpc) is 3.05. The number of sulfonamides is 1. The number of nitrogens with zero attached hydrogens (tertiary/aromatic N) is 2. The minimum atomic E-state index is -3.16. The molecule has 1 N–H and O–H groups in total. The van der Waals surface area contributed by atoms with Gasteiger partial charge in [0.2, 0.25) is 16.8 Å². The molecule has 1 aromatic rings. The highest BCUT2D eigenvalue weighted by Crippen LogP contribution is 2.35. The van der Waals surface area contributed by atoms with Crippen LogP contribution < -0.4 is 19.5 Å². The maximum absolute atomic E-state index is 12.5. The zero-order valence-electron chi connectivity index (χ0n) is 14.0. The fraction of sp³-hybridized carbons (Fsp3) is 0.625. The Morgan fingerprint density at radius 3 is 2.72 bits per heavy atom. The second kappa shape index (κ2) is 6.99. The molecule has 0 aliphatic carbocycles. The highest BCUT2D eigenvalue weighted by molar-refractivity contribution is 7.89. The molecule has 0 saturated carbocycles. The third-order valence-electron chi connectivity index (χ3n) is 4.80.